The fourth-order valence-corrected chi connectivity index (χ4v) is 5.50. The Morgan fingerprint density at radius 1 is 1.00 bits per heavy atom. The summed E-state index contributed by atoms with van der Waals surface area (Å²) in [6.07, 6.45) is 1.73. The smallest absolute Gasteiger partial charge is 0.341 e. The standard InChI is InChI=1S/C30H33N3O3/c1-5-32(6-2)19-20-35-23-16-14-22(15-17-23)30(28-25(29(34)36-30)12-10-18-31-28)27-21(4)33(7-3)26-13-9-8-11-24(26)27/h8-18H,5-7,19-20H2,1-4H3. The van der Waals surface area contributed by atoms with Gasteiger partial charge in [-0.15, -0.1) is 0 Å². The fraction of sp³-hybridized carbons (Fsp3) is 0.333. The second-order valence-corrected chi connectivity index (χ2v) is 9.09. The van der Waals surface area contributed by atoms with E-state index in [-0.39, 0.29) is 5.97 Å². The molecule has 1 unspecified atom stereocenters. The number of aryl methyl sites for hydroxylation is 1. The number of aromatic nitrogens is 2. The monoisotopic (exact) mass is 483 g/mol. The summed E-state index contributed by atoms with van der Waals surface area (Å²) in [6, 6.07) is 19.8. The van der Waals surface area contributed by atoms with Crippen molar-refractivity contribution < 1.29 is 14.3 Å². The zero-order valence-corrected chi connectivity index (χ0v) is 21.5. The summed E-state index contributed by atoms with van der Waals surface area (Å²) in [5.74, 6) is 0.435. The summed E-state index contributed by atoms with van der Waals surface area (Å²) in [6.45, 7) is 12.9. The second kappa shape index (κ2) is 9.78. The van der Waals surface area contributed by atoms with E-state index in [2.05, 4.69) is 49.3 Å². The van der Waals surface area contributed by atoms with Crippen LogP contribution in [0.3, 0.4) is 0 Å². The molecular weight excluding hydrogens is 450 g/mol. The zero-order valence-electron chi connectivity index (χ0n) is 21.5. The Hall–Kier alpha value is -3.64. The first kappa shape index (κ1) is 24.1. The quantitative estimate of drug-likeness (QED) is 0.292. The van der Waals surface area contributed by atoms with Gasteiger partial charge in [0.1, 0.15) is 18.1 Å². The largest absolute Gasteiger partial charge is 0.492 e. The van der Waals surface area contributed by atoms with Gasteiger partial charge in [-0.3, -0.25) is 4.98 Å². The number of nitrogens with zero attached hydrogens (tertiary/aromatic N) is 3. The average Bonchev–Trinajstić information content (AvgIpc) is 3.37. The number of cyclic esters (lactones) is 1. The van der Waals surface area contributed by atoms with E-state index in [4.69, 9.17) is 14.5 Å². The van der Waals surface area contributed by atoms with E-state index in [9.17, 15) is 4.79 Å². The number of para-hydroxylation sites is 1. The number of hydrogen-bond acceptors (Lipinski definition) is 5. The molecule has 2 aromatic heterocycles. The van der Waals surface area contributed by atoms with Crippen molar-refractivity contribution in [2.75, 3.05) is 26.2 Å². The number of hydrogen-bond donors (Lipinski definition) is 0. The minimum Gasteiger partial charge on any atom is -0.492 e. The van der Waals surface area contributed by atoms with Gasteiger partial charge in [-0.05, 0) is 57.3 Å². The lowest BCUT2D eigenvalue weighted by Gasteiger charge is -2.30. The molecule has 1 aliphatic heterocycles. The Balaban J connectivity index is 1.64. The molecule has 186 valence electrons. The van der Waals surface area contributed by atoms with Gasteiger partial charge in [-0.25, -0.2) is 4.79 Å². The van der Waals surface area contributed by atoms with Crippen molar-refractivity contribution in [2.45, 2.75) is 39.8 Å². The summed E-state index contributed by atoms with van der Waals surface area (Å²) in [5, 5.41) is 1.06. The van der Waals surface area contributed by atoms with E-state index < -0.39 is 5.60 Å². The van der Waals surface area contributed by atoms with E-state index in [1.165, 1.54) is 0 Å². The van der Waals surface area contributed by atoms with Crippen LogP contribution in [0.15, 0.2) is 66.9 Å². The van der Waals surface area contributed by atoms with Gasteiger partial charge in [0.25, 0.3) is 0 Å². The van der Waals surface area contributed by atoms with E-state index in [0.29, 0.717) is 17.9 Å². The Morgan fingerprint density at radius 3 is 2.47 bits per heavy atom. The molecule has 0 N–H and O–H groups in total. The Kier molecular flexibility index (Phi) is 6.54. The molecule has 6 heteroatoms. The minimum absolute atomic E-state index is 0.356. The van der Waals surface area contributed by atoms with Gasteiger partial charge in [-0.2, -0.15) is 0 Å². The number of pyridine rings is 1. The van der Waals surface area contributed by atoms with Crippen molar-refractivity contribution >= 4 is 16.9 Å². The van der Waals surface area contributed by atoms with Crippen molar-refractivity contribution in [2.24, 2.45) is 0 Å². The molecule has 5 rings (SSSR count). The molecule has 0 saturated heterocycles. The number of carbonyl (C=O) groups is 1. The van der Waals surface area contributed by atoms with Crippen molar-refractivity contribution in [1.29, 1.82) is 0 Å². The maximum absolute atomic E-state index is 13.2. The molecule has 36 heavy (non-hydrogen) atoms. The molecule has 3 heterocycles. The minimum atomic E-state index is -1.14. The Morgan fingerprint density at radius 2 is 1.75 bits per heavy atom. The molecule has 4 aromatic rings. The third-order valence-corrected chi connectivity index (χ3v) is 7.34. The van der Waals surface area contributed by atoms with Crippen LogP contribution in [0.25, 0.3) is 10.9 Å². The SMILES string of the molecule is CCN(CC)CCOc1ccc(C2(c3c(C)n(CC)c4ccccc34)OC(=O)c3cccnc32)cc1. The van der Waals surface area contributed by atoms with Crippen LogP contribution >= 0.6 is 0 Å². The Bertz CT molecular complexity index is 1390. The number of ether oxygens (including phenoxy) is 2. The molecule has 0 saturated carbocycles. The maximum atomic E-state index is 13.2. The van der Waals surface area contributed by atoms with E-state index in [1.54, 1.807) is 18.3 Å². The summed E-state index contributed by atoms with van der Waals surface area (Å²) in [4.78, 5) is 20.2. The first-order valence-corrected chi connectivity index (χ1v) is 12.8. The fourth-order valence-electron chi connectivity index (χ4n) is 5.50. The average molecular weight is 484 g/mol. The molecular formula is C30H33N3O3. The van der Waals surface area contributed by atoms with Gasteiger partial charge < -0.3 is 18.9 Å². The lowest BCUT2D eigenvalue weighted by Crippen LogP contribution is -2.31. The second-order valence-electron chi connectivity index (χ2n) is 9.09. The topological polar surface area (TPSA) is 56.6 Å². The molecule has 6 nitrogen and oxygen atoms in total. The lowest BCUT2D eigenvalue weighted by atomic mass is 9.81. The first-order valence-electron chi connectivity index (χ1n) is 12.8. The summed E-state index contributed by atoms with van der Waals surface area (Å²) in [5.41, 5.74) is 3.98. The Labute approximate surface area is 212 Å². The van der Waals surface area contributed by atoms with Gasteiger partial charge >= 0.3 is 5.97 Å². The first-order chi connectivity index (χ1) is 17.5. The maximum Gasteiger partial charge on any atom is 0.341 e. The number of carbonyl (C=O) groups excluding carboxylic acids is 1. The van der Waals surface area contributed by atoms with E-state index in [1.807, 2.05) is 36.4 Å². The molecule has 1 atom stereocenters. The van der Waals surface area contributed by atoms with Gasteiger partial charge in [0.2, 0.25) is 5.60 Å². The normalized spacial score (nSPS) is 17.0. The number of benzene rings is 2. The molecule has 0 bridgehead atoms. The van der Waals surface area contributed by atoms with Crippen LogP contribution in [0.2, 0.25) is 0 Å². The van der Waals surface area contributed by atoms with Gasteiger partial charge in [0.05, 0.1) is 5.56 Å². The predicted molar refractivity (Wildman–Crippen MR) is 142 cm³/mol. The number of likely N-dealkylation sites (N-methyl/N-ethyl adjacent to an activating group) is 1. The predicted octanol–water partition coefficient (Wildman–Crippen LogP) is 5.55. The molecule has 0 spiro atoms. The third-order valence-electron chi connectivity index (χ3n) is 7.34. The van der Waals surface area contributed by atoms with Gasteiger partial charge in [0, 0.05) is 47.0 Å². The highest BCUT2D eigenvalue weighted by molar-refractivity contribution is 5.98. The van der Waals surface area contributed by atoms with Crippen LogP contribution in [0.5, 0.6) is 5.75 Å². The molecule has 0 fully saturated rings. The van der Waals surface area contributed by atoms with Gasteiger partial charge in [-0.1, -0.05) is 44.2 Å². The van der Waals surface area contributed by atoms with Crippen LogP contribution in [0, 0.1) is 6.92 Å². The molecule has 0 aliphatic carbocycles. The van der Waals surface area contributed by atoms with Crippen LogP contribution < -0.4 is 4.74 Å². The summed E-state index contributed by atoms with van der Waals surface area (Å²) in [7, 11) is 0. The highest BCUT2D eigenvalue weighted by Crippen LogP contribution is 2.50. The van der Waals surface area contributed by atoms with Crippen LogP contribution in [-0.2, 0) is 16.9 Å². The lowest BCUT2D eigenvalue weighted by molar-refractivity contribution is 0.0245. The highest BCUT2D eigenvalue weighted by atomic mass is 16.6. The van der Waals surface area contributed by atoms with Crippen molar-refractivity contribution in [3.8, 4) is 5.75 Å². The van der Waals surface area contributed by atoms with Crippen molar-refractivity contribution in [3.05, 3.63) is 94.9 Å². The van der Waals surface area contributed by atoms with Crippen molar-refractivity contribution in [3.63, 3.8) is 0 Å². The van der Waals surface area contributed by atoms with E-state index in [0.717, 1.165) is 59.7 Å². The summed E-state index contributed by atoms with van der Waals surface area (Å²) < 4.78 is 14.7. The number of fused-ring (bicyclic) bond motifs is 2. The molecule has 1 aliphatic rings. The van der Waals surface area contributed by atoms with Gasteiger partial charge in [0.15, 0.2) is 0 Å². The zero-order chi connectivity index (χ0) is 25.3. The number of rotatable bonds is 9. The molecule has 0 amide bonds. The van der Waals surface area contributed by atoms with Crippen LogP contribution in [-0.4, -0.2) is 46.7 Å². The molecule has 2 aromatic carbocycles. The third kappa shape index (κ3) is 3.77. The van der Waals surface area contributed by atoms with Crippen LogP contribution in [0.1, 0.15) is 53.6 Å². The van der Waals surface area contributed by atoms with Crippen molar-refractivity contribution in [1.82, 2.24) is 14.5 Å². The number of esters is 1. The summed E-state index contributed by atoms with van der Waals surface area (Å²) >= 11 is 0. The van der Waals surface area contributed by atoms with Crippen LogP contribution in [0.4, 0.5) is 0 Å². The molecule has 0 radical (unpaired) electrons. The van der Waals surface area contributed by atoms with E-state index >= 15 is 0 Å². The highest BCUT2D eigenvalue weighted by Gasteiger charge is 2.52.